The van der Waals surface area contributed by atoms with Crippen molar-refractivity contribution in [1.82, 2.24) is 4.90 Å². The first-order chi connectivity index (χ1) is 9.51. The maximum Gasteiger partial charge on any atom is 0.307 e. The Balaban J connectivity index is 2.07. The molecule has 1 aliphatic rings. The molecular formula is C16H23NO3. The van der Waals surface area contributed by atoms with Crippen molar-refractivity contribution in [2.75, 3.05) is 13.7 Å². The van der Waals surface area contributed by atoms with Gasteiger partial charge in [-0.15, -0.1) is 0 Å². The second-order valence-electron chi connectivity index (χ2n) is 5.69. The topological polar surface area (TPSA) is 49.8 Å². The van der Waals surface area contributed by atoms with Gasteiger partial charge in [-0.25, -0.2) is 0 Å². The largest absolute Gasteiger partial charge is 0.496 e. The molecule has 2 atom stereocenters. The van der Waals surface area contributed by atoms with E-state index in [0.29, 0.717) is 12.6 Å². The molecule has 1 heterocycles. The Morgan fingerprint density at radius 3 is 2.80 bits per heavy atom. The molecule has 1 fully saturated rings. The summed E-state index contributed by atoms with van der Waals surface area (Å²) in [6, 6.07) is 6.60. The summed E-state index contributed by atoms with van der Waals surface area (Å²) in [5, 5.41) is 9.18. The lowest BCUT2D eigenvalue weighted by Crippen LogP contribution is -2.43. The molecule has 0 radical (unpaired) electrons. The molecule has 1 aromatic rings. The molecule has 2 rings (SSSR count). The smallest absolute Gasteiger partial charge is 0.307 e. The van der Waals surface area contributed by atoms with E-state index in [1.165, 1.54) is 5.56 Å². The zero-order valence-electron chi connectivity index (χ0n) is 12.4. The second kappa shape index (κ2) is 6.27. The fourth-order valence-electron chi connectivity index (χ4n) is 2.87. The van der Waals surface area contributed by atoms with E-state index >= 15 is 0 Å². The molecule has 1 saturated heterocycles. The first-order valence-corrected chi connectivity index (χ1v) is 7.11. The highest BCUT2D eigenvalue weighted by Crippen LogP contribution is 2.25. The number of carboxylic acids is 1. The van der Waals surface area contributed by atoms with Gasteiger partial charge in [-0.2, -0.15) is 0 Å². The SMILES string of the molecule is COc1ccc(CN2CC(C(=O)O)CCC2C)cc1C. The monoisotopic (exact) mass is 277 g/mol. The molecule has 4 heteroatoms. The van der Waals surface area contributed by atoms with Crippen LogP contribution < -0.4 is 4.74 Å². The van der Waals surface area contributed by atoms with Crippen LogP contribution in [-0.4, -0.2) is 35.7 Å². The molecule has 1 aliphatic heterocycles. The molecule has 0 spiro atoms. The highest BCUT2D eigenvalue weighted by Gasteiger charge is 2.29. The number of piperidine rings is 1. The average Bonchev–Trinajstić information content (AvgIpc) is 2.41. The van der Waals surface area contributed by atoms with Crippen LogP contribution in [0.15, 0.2) is 18.2 Å². The highest BCUT2D eigenvalue weighted by molar-refractivity contribution is 5.70. The summed E-state index contributed by atoms with van der Waals surface area (Å²) in [7, 11) is 1.67. The van der Waals surface area contributed by atoms with Crippen LogP contribution in [0.1, 0.15) is 30.9 Å². The van der Waals surface area contributed by atoms with Crippen molar-refractivity contribution in [3.63, 3.8) is 0 Å². The molecule has 0 aromatic heterocycles. The standard InChI is InChI=1S/C16H23NO3/c1-11-8-13(5-7-15(11)20-3)9-17-10-14(16(18)19)6-4-12(17)2/h5,7-8,12,14H,4,6,9-10H2,1-3H3,(H,18,19). The van der Waals surface area contributed by atoms with Crippen molar-refractivity contribution in [3.8, 4) is 5.75 Å². The molecule has 2 unspecified atom stereocenters. The summed E-state index contributed by atoms with van der Waals surface area (Å²) in [6.45, 7) is 5.65. The van der Waals surface area contributed by atoms with Gasteiger partial charge in [-0.3, -0.25) is 9.69 Å². The Hall–Kier alpha value is -1.55. The number of likely N-dealkylation sites (tertiary alicyclic amines) is 1. The Kier molecular flexibility index (Phi) is 4.65. The second-order valence-corrected chi connectivity index (χ2v) is 5.69. The fraction of sp³-hybridized carbons (Fsp3) is 0.562. The Morgan fingerprint density at radius 2 is 2.20 bits per heavy atom. The van der Waals surface area contributed by atoms with Crippen molar-refractivity contribution in [3.05, 3.63) is 29.3 Å². The third kappa shape index (κ3) is 3.31. The summed E-state index contributed by atoms with van der Waals surface area (Å²) in [5.41, 5.74) is 2.32. The summed E-state index contributed by atoms with van der Waals surface area (Å²) < 4.78 is 5.27. The van der Waals surface area contributed by atoms with E-state index in [0.717, 1.165) is 30.7 Å². The molecule has 0 amide bonds. The van der Waals surface area contributed by atoms with Gasteiger partial charge >= 0.3 is 5.97 Å². The number of ether oxygens (including phenoxy) is 1. The maximum absolute atomic E-state index is 11.2. The van der Waals surface area contributed by atoms with Crippen LogP contribution in [0.4, 0.5) is 0 Å². The van der Waals surface area contributed by atoms with Crippen molar-refractivity contribution in [2.45, 2.75) is 39.3 Å². The van der Waals surface area contributed by atoms with Crippen LogP contribution >= 0.6 is 0 Å². The average molecular weight is 277 g/mol. The van der Waals surface area contributed by atoms with E-state index in [1.54, 1.807) is 7.11 Å². The number of methoxy groups -OCH3 is 1. The lowest BCUT2D eigenvalue weighted by molar-refractivity contribution is -0.144. The van der Waals surface area contributed by atoms with Crippen molar-refractivity contribution in [2.24, 2.45) is 5.92 Å². The van der Waals surface area contributed by atoms with Crippen LogP contribution in [0.5, 0.6) is 5.75 Å². The molecule has 0 aliphatic carbocycles. The van der Waals surface area contributed by atoms with Crippen molar-refractivity contribution in [1.29, 1.82) is 0 Å². The number of carboxylic acid groups (broad SMARTS) is 1. The summed E-state index contributed by atoms with van der Waals surface area (Å²) in [6.07, 6.45) is 1.74. The first kappa shape index (κ1) is 14.9. The fourth-order valence-corrected chi connectivity index (χ4v) is 2.87. The lowest BCUT2D eigenvalue weighted by atomic mass is 9.93. The summed E-state index contributed by atoms with van der Waals surface area (Å²) >= 11 is 0. The van der Waals surface area contributed by atoms with Gasteiger partial charge in [0, 0.05) is 19.1 Å². The van der Waals surface area contributed by atoms with E-state index in [2.05, 4.69) is 24.0 Å². The Labute approximate surface area is 120 Å². The first-order valence-electron chi connectivity index (χ1n) is 7.11. The minimum Gasteiger partial charge on any atom is -0.496 e. The molecule has 0 bridgehead atoms. The van der Waals surface area contributed by atoms with Gasteiger partial charge in [0.25, 0.3) is 0 Å². The van der Waals surface area contributed by atoms with Crippen LogP contribution in [0.25, 0.3) is 0 Å². The van der Waals surface area contributed by atoms with E-state index in [4.69, 9.17) is 4.74 Å². The number of aryl methyl sites for hydroxylation is 1. The van der Waals surface area contributed by atoms with Crippen LogP contribution in [-0.2, 0) is 11.3 Å². The number of carbonyl (C=O) groups is 1. The molecular weight excluding hydrogens is 254 g/mol. The van der Waals surface area contributed by atoms with Gasteiger partial charge < -0.3 is 9.84 Å². The zero-order valence-corrected chi connectivity index (χ0v) is 12.4. The van der Waals surface area contributed by atoms with E-state index in [-0.39, 0.29) is 5.92 Å². The summed E-state index contributed by atoms with van der Waals surface area (Å²) in [4.78, 5) is 13.4. The Bertz CT molecular complexity index is 487. The number of hydrogen-bond acceptors (Lipinski definition) is 3. The maximum atomic E-state index is 11.2. The van der Waals surface area contributed by atoms with E-state index in [1.807, 2.05) is 13.0 Å². The predicted molar refractivity (Wildman–Crippen MR) is 78.0 cm³/mol. The van der Waals surface area contributed by atoms with Crippen molar-refractivity contribution >= 4 is 5.97 Å². The molecule has 110 valence electrons. The molecule has 1 aromatic carbocycles. The van der Waals surface area contributed by atoms with Gasteiger partial charge in [-0.05, 0) is 43.9 Å². The van der Waals surface area contributed by atoms with Crippen LogP contribution in [0, 0.1) is 12.8 Å². The quantitative estimate of drug-likeness (QED) is 0.919. The third-order valence-electron chi connectivity index (χ3n) is 4.21. The van der Waals surface area contributed by atoms with Gasteiger partial charge in [-0.1, -0.05) is 12.1 Å². The van der Waals surface area contributed by atoms with Crippen LogP contribution in [0.3, 0.4) is 0 Å². The number of hydrogen-bond donors (Lipinski definition) is 1. The molecule has 20 heavy (non-hydrogen) atoms. The highest BCUT2D eigenvalue weighted by atomic mass is 16.5. The normalized spacial score (nSPS) is 23.6. The number of rotatable bonds is 4. The molecule has 1 N–H and O–H groups in total. The van der Waals surface area contributed by atoms with Gasteiger partial charge in [0.1, 0.15) is 5.75 Å². The number of benzene rings is 1. The number of aliphatic carboxylic acids is 1. The minimum atomic E-state index is -0.673. The summed E-state index contributed by atoms with van der Waals surface area (Å²) in [5.74, 6) is -0.0118. The van der Waals surface area contributed by atoms with E-state index in [9.17, 15) is 9.90 Å². The zero-order chi connectivity index (χ0) is 14.7. The van der Waals surface area contributed by atoms with Gasteiger partial charge in [0.15, 0.2) is 0 Å². The minimum absolute atomic E-state index is 0.231. The van der Waals surface area contributed by atoms with Gasteiger partial charge in [0.2, 0.25) is 0 Å². The number of nitrogens with zero attached hydrogens (tertiary/aromatic N) is 1. The van der Waals surface area contributed by atoms with Gasteiger partial charge in [0.05, 0.1) is 13.0 Å². The van der Waals surface area contributed by atoms with E-state index < -0.39 is 5.97 Å². The third-order valence-corrected chi connectivity index (χ3v) is 4.21. The lowest BCUT2D eigenvalue weighted by Gasteiger charge is -2.36. The van der Waals surface area contributed by atoms with Crippen molar-refractivity contribution < 1.29 is 14.6 Å². The molecule has 4 nitrogen and oxygen atoms in total. The predicted octanol–water partition coefficient (Wildman–Crippen LogP) is 2.69. The Morgan fingerprint density at radius 1 is 1.45 bits per heavy atom. The molecule has 0 saturated carbocycles. The van der Waals surface area contributed by atoms with Crippen LogP contribution in [0.2, 0.25) is 0 Å².